The average Bonchev–Trinajstić information content (AvgIpc) is 2.96. The molecule has 30 heavy (non-hydrogen) atoms. The van der Waals surface area contributed by atoms with Gasteiger partial charge in [-0.25, -0.2) is 4.79 Å². The molecule has 1 aliphatic heterocycles. The minimum atomic E-state index is -0.599. The molecule has 2 heterocycles. The van der Waals surface area contributed by atoms with E-state index in [-0.39, 0.29) is 18.7 Å². The molecule has 2 amide bonds. The molecule has 0 saturated carbocycles. The highest BCUT2D eigenvalue weighted by Crippen LogP contribution is 2.31. The highest BCUT2D eigenvalue weighted by atomic mass is 35.5. The van der Waals surface area contributed by atoms with Gasteiger partial charge in [-0.05, 0) is 43.7 Å². The number of carbonyl (C=O) groups excluding carboxylic acids is 2. The van der Waals surface area contributed by atoms with Crippen molar-refractivity contribution in [2.24, 2.45) is 0 Å². The SMILES string of the molecule is C=C(Cl)COc1ccc2c(C)c(CN3C(=O)c4ccccc4C3=O)c(=O)oc2c1C. The predicted molar refractivity (Wildman–Crippen MR) is 113 cm³/mol. The van der Waals surface area contributed by atoms with Crippen molar-refractivity contribution in [2.75, 3.05) is 6.61 Å². The first kappa shape index (κ1) is 19.9. The lowest BCUT2D eigenvalue weighted by Crippen LogP contribution is -2.31. The Kier molecular flexibility index (Phi) is 4.95. The fourth-order valence-electron chi connectivity index (χ4n) is 3.61. The van der Waals surface area contributed by atoms with Crippen LogP contribution in [-0.2, 0) is 6.54 Å². The highest BCUT2D eigenvalue weighted by Gasteiger charge is 2.36. The summed E-state index contributed by atoms with van der Waals surface area (Å²) in [5, 5.41) is 1.05. The van der Waals surface area contributed by atoms with Crippen molar-refractivity contribution in [1.82, 2.24) is 4.90 Å². The van der Waals surface area contributed by atoms with Crippen molar-refractivity contribution < 1.29 is 18.7 Å². The van der Waals surface area contributed by atoms with Crippen molar-refractivity contribution in [1.29, 1.82) is 0 Å². The first-order valence-electron chi connectivity index (χ1n) is 9.26. The molecule has 152 valence electrons. The fourth-order valence-corrected chi connectivity index (χ4v) is 3.66. The number of halogens is 1. The van der Waals surface area contributed by atoms with Gasteiger partial charge in [-0.2, -0.15) is 0 Å². The van der Waals surface area contributed by atoms with Gasteiger partial charge in [0.1, 0.15) is 17.9 Å². The Morgan fingerprint density at radius 3 is 2.27 bits per heavy atom. The van der Waals surface area contributed by atoms with Crippen LogP contribution < -0.4 is 10.4 Å². The minimum Gasteiger partial charge on any atom is -0.488 e. The van der Waals surface area contributed by atoms with E-state index in [0.29, 0.717) is 44.0 Å². The Bertz CT molecular complexity index is 1260. The van der Waals surface area contributed by atoms with E-state index in [4.69, 9.17) is 20.8 Å². The molecule has 0 atom stereocenters. The second-order valence-electron chi connectivity index (χ2n) is 7.11. The predicted octanol–water partition coefficient (Wildman–Crippen LogP) is 4.34. The molecular formula is C23H18ClNO5. The van der Waals surface area contributed by atoms with Crippen molar-refractivity contribution in [2.45, 2.75) is 20.4 Å². The van der Waals surface area contributed by atoms with Crippen LogP contribution in [0.4, 0.5) is 0 Å². The maximum absolute atomic E-state index is 12.8. The van der Waals surface area contributed by atoms with Crippen LogP contribution in [0.2, 0.25) is 0 Å². The van der Waals surface area contributed by atoms with E-state index in [2.05, 4.69) is 6.58 Å². The number of nitrogens with zero attached hydrogens (tertiary/aromatic N) is 1. The number of rotatable bonds is 5. The van der Waals surface area contributed by atoms with Crippen molar-refractivity contribution in [3.8, 4) is 5.75 Å². The molecule has 0 N–H and O–H groups in total. The summed E-state index contributed by atoms with van der Waals surface area (Å²) >= 11 is 5.76. The number of imide groups is 1. The largest absolute Gasteiger partial charge is 0.488 e. The summed E-state index contributed by atoms with van der Waals surface area (Å²) in [6.07, 6.45) is 0. The monoisotopic (exact) mass is 423 g/mol. The summed E-state index contributed by atoms with van der Waals surface area (Å²) in [5.74, 6) is -0.314. The lowest BCUT2D eigenvalue weighted by Gasteiger charge is -2.16. The lowest BCUT2D eigenvalue weighted by molar-refractivity contribution is 0.0641. The molecule has 1 aromatic heterocycles. The summed E-state index contributed by atoms with van der Waals surface area (Å²) in [5.41, 5.74) is 2.03. The Balaban J connectivity index is 1.74. The molecule has 6 nitrogen and oxygen atoms in total. The zero-order valence-corrected chi connectivity index (χ0v) is 17.2. The topological polar surface area (TPSA) is 76.8 Å². The number of carbonyl (C=O) groups is 2. The van der Waals surface area contributed by atoms with Crippen LogP contribution in [0.5, 0.6) is 5.75 Å². The zero-order chi connectivity index (χ0) is 21.6. The smallest absolute Gasteiger partial charge is 0.341 e. The van der Waals surface area contributed by atoms with E-state index >= 15 is 0 Å². The molecule has 0 saturated heterocycles. The van der Waals surface area contributed by atoms with Gasteiger partial charge in [0.2, 0.25) is 0 Å². The molecule has 7 heteroatoms. The van der Waals surface area contributed by atoms with Crippen LogP contribution in [0.25, 0.3) is 11.0 Å². The van der Waals surface area contributed by atoms with Gasteiger partial charge >= 0.3 is 5.63 Å². The van der Waals surface area contributed by atoms with Gasteiger partial charge in [-0.15, -0.1) is 0 Å². The molecule has 0 bridgehead atoms. The number of ether oxygens (including phenoxy) is 1. The zero-order valence-electron chi connectivity index (χ0n) is 16.5. The van der Waals surface area contributed by atoms with E-state index in [1.54, 1.807) is 50.2 Å². The molecule has 0 spiro atoms. The minimum absolute atomic E-state index is 0.134. The second kappa shape index (κ2) is 7.46. The van der Waals surface area contributed by atoms with Gasteiger partial charge in [0, 0.05) is 16.0 Å². The van der Waals surface area contributed by atoms with E-state index < -0.39 is 17.4 Å². The van der Waals surface area contributed by atoms with Crippen molar-refractivity contribution in [3.63, 3.8) is 0 Å². The Hall–Kier alpha value is -3.38. The lowest BCUT2D eigenvalue weighted by atomic mass is 10.0. The van der Waals surface area contributed by atoms with Gasteiger partial charge < -0.3 is 9.15 Å². The number of benzene rings is 2. The van der Waals surface area contributed by atoms with Crippen molar-refractivity contribution >= 4 is 34.4 Å². The summed E-state index contributed by atoms with van der Waals surface area (Å²) in [6.45, 7) is 7.12. The summed E-state index contributed by atoms with van der Waals surface area (Å²) in [4.78, 5) is 39.2. The molecule has 0 unspecified atom stereocenters. The Morgan fingerprint density at radius 1 is 1.03 bits per heavy atom. The summed E-state index contributed by atoms with van der Waals surface area (Å²) < 4.78 is 11.2. The van der Waals surface area contributed by atoms with Gasteiger partial charge in [-0.1, -0.05) is 30.3 Å². The maximum Gasteiger partial charge on any atom is 0.341 e. The first-order chi connectivity index (χ1) is 14.3. The number of hydrogen-bond donors (Lipinski definition) is 0. The van der Waals surface area contributed by atoms with Gasteiger partial charge in [0.05, 0.1) is 23.2 Å². The van der Waals surface area contributed by atoms with E-state index in [1.165, 1.54) is 0 Å². The Labute approximate surface area is 177 Å². The van der Waals surface area contributed by atoms with Crippen molar-refractivity contribution in [3.05, 3.63) is 86.2 Å². The van der Waals surface area contributed by atoms with E-state index in [0.717, 1.165) is 4.90 Å². The van der Waals surface area contributed by atoms with Crippen LogP contribution in [0.3, 0.4) is 0 Å². The summed E-state index contributed by atoms with van der Waals surface area (Å²) in [6, 6.07) is 10.1. The fraction of sp³-hybridized carbons (Fsp3) is 0.174. The normalized spacial score (nSPS) is 13.1. The van der Waals surface area contributed by atoms with Crippen LogP contribution >= 0.6 is 11.6 Å². The molecule has 0 fully saturated rings. The van der Waals surface area contributed by atoms with Gasteiger partial charge in [0.25, 0.3) is 11.8 Å². The second-order valence-corrected chi connectivity index (χ2v) is 7.64. The highest BCUT2D eigenvalue weighted by molar-refractivity contribution is 6.29. The van der Waals surface area contributed by atoms with E-state index in [9.17, 15) is 14.4 Å². The molecule has 3 aromatic rings. The number of fused-ring (bicyclic) bond motifs is 2. The standard InChI is InChI=1S/C23H18ClNO5/c1-12(24)11-29-19-9-8-15-13(2)18(23(28)30-20(15)14(19)3)10-25-21(26)16-6-4-5-7-17(16)22(25)27/h4-9H,1,10-11H2,2-3H3. The molecule has 4 rings (SSSR count). The summed E-state index contributed by atoms with van der Waals surface area (Å²) in [7, 11) is 0. The van der Waals surface area contributed by atoms with Gasteiger partial charge in [-0.3, -0.25) is 14.5 Å². The third kappa shape index (κ3) is 3.19. The van der Waals surface area contributed by atoms with Crippen LogP contribution in [0.15, 0.2) is 57.2 Å². The third-order valence-electron chi connectivity index (χ3n) is 5.23. The van der Waals surface area contributed by atoms with Gasteiger partial charge in [0.15, 0.2) is 0 Å². The number of aryl methyl sites for hydroxylation is 2. The molecule has 0 radical (unpaired) electrons. The average molecular weight is 424 g/mol. The quantitative estimate of drug-likeness (QED) is 0.450. The maximum atomic E-state index is 12.8. The number of amides is 2. The van der Waals surface area contributed by atoms with Crippen LogP contribution in [0.1, 0.15) is 37.4 Å². The molecule has 0 aliphatic carbocycles. The van der Waals surface area contributed by atoms with Crippen LogP contribution in [-0.4, -0.2) is 23.3 Å². The third-order valence-corrected chi connectivity index (χ3v) is 5.34. The van der Waals surface area contributed by atoms with E-state index in [1.807, 2.05) is 0 Å². The molecular weight excluding hydrogens is 406 g/mol. The molecule has 1 aliphatic rings. The first-order valence-corrected chi connectivity index (χ1v) is 9.64. The number of hydrogen-bond acceptors (Lipinski definition) is 5. The molecule has 2 aromatic carbocycles. The van der Waals surface area contributed by atoms with Crippen LogP contribution in [0, 0.1) is 13.8 Å². The Morgan fingerprint density at radius 2 is 1.67 bits per heavy atom.